The number of nitrogens with zero attached hydrogens (tertiary/aromatic N) is 1. The van der Waals surface area contributed by atoms with Gasteiger partial charge in [-0.2, -0.15) is 0 Å². The number of pyridine rings is 1. The van der Waals surface area contributed by atoms with Crippen molar-refractivity contribution in [3.8, 4) is 0 Å². The van der Waals surface area contributed by atoms with Crippen LogP contribution in [0.3, 0.4) is 0 Å². The lowest BCUT2D eigenvalue weighted by Crippen LogP contribution is -1.97. The van der Waals surface area contributed by atoms with Crippen molar-refractivity contribution >= 4 is 38.9 Å². The highest BCUT2D eigenvalue weighted by Gasteiger charge is 2.04. The van der Waals surface area contributed by atoms with Gasteiger partial charge in [0.2, 0.25) is 6.41 Å². The molecule has 1 heterocycles. The molecule has 0 aliphatic heterocycles. The van der Waals surface area contributed by atoms with Gasteiger partial charge in [-0.05, 0) is 15.9 Å². The van der Waals surface area contributed by atoms with Crippen molar-refractivity contribution in [3.63, 3.8) is 0 Å². The van der Waals surface area contributed by atoms with Gasteiger partial charge in [-0.15, -0.1) is 0 Å². The molecule has 70 valence electrons. The minimum atomic E-state index is 0.540. The molecule has 14 heavy (non-hydrogen) atoms. The summed E-state index contributed by atoms with van der Waals surface area (Å²) in [7, 11) is 0. The Labute approximate surface area is 89.3 Å². The molecular formula is C10H7BrN2O. The maximum Gasteiger partial charge on any atom is 0.212 e. The molecule has 0 atom stereocenters. The normalized spacial score (nSPS) is 10.1. The Bertz CT molecular complexity index is 485. The Hall–Kier alpha value is -1.42. The third kappa shape index (κ3) is 1.48. The average Bonchev–Trinajstić information content (AvgIpc) is 2.23. The number of hydrogen-bond acceptors (Lipinski definition) is 2. The Morgan fingerprint density at radius 3 is 2.93 bits per heavy atom. The molecule has 0 aliphatic rings. The van der Waals surface area contributed by atoms with Crippen LogP contribution in [-0.4, -0.2) is 11.4 Å². The van der Waals surface area contributed by atoms with Crippen molar-refractivity contribution in [1.82, 2.24) is 4.98 Å². The van der Waals surface area contributed by atoms with Crippen LogP contribution >= 0.6 is 15.9 Å². The van der Waals surface area contributed by atoms with Crippen LogP contribution < -0.4 is 5.32 Å². The smallest absolute Gasteiger partial charge is 0.212 e. The first kappa shape index (κ1) is 9.15. The highest BCUT2D eigenvalue weighted by atomic mass is 79.9. The van der Waals surface area contributed by atoms with Gasteiger partial charge in [-0.25, -0.2) is 4.98 Å². The van der Waals surface area contributed by atoms with Gasteiger partial charge in [0.25, 0.3) is 0 Å². The maximum absolute atomic E-state index is 10.3. The van der Waals surface area contributed by atoms with Gasteiger partial charge < -0.3 is 5.32 Å². The van der Waals surface area contributed by atoms with Crippen LogP contribution in [-0.2, 0) is 4.79 Å². The highest BCUT2D eigenvalue weighted by molar-refractivity contribution is 9.10. The monoisotopic (exact) mass is 250 g/mol. The van der Waals surface area contributed by atoms with Crippen LogP contribution in [0.2, 0.25) is 0 Å². The summed E-state index contributed by atoms with van der Waals surface area (Å²) in [6.45, 7) is 0. The molecular weight excluding hydrogens is 244 g/mol. The molecule has 4 heteroatoms. The number of carbonyl (C=O) groups is 1. The summed E-state index contributed by atoms with van der Waals surface area (Å²) >= 11 is 3.40. The van der Waals surface area contributed by atoms with Gasteiger partial charge in [0.1, 0.15) is 5.82 Å². The van der Waals surface area contributed by atoms with Crippen LogP contribution in [0.15, 0.2) is 34.9 Å². The van der Waals surface area contributed by atoms with E-state index in [9.17, 15) is 4.79 Å². The number of rotatable bonds is 2. The van der Waals surface area contributed by atoms with E-state index >= 15 is 0 Å². The molecule has 1 aromatic heterocycles. The fraction of sp³-hybridized carbons (Fsp3) is 0. The predicted octanol–water partition coefficient (Wildman–Crippen LogP) is 2.57. The van der Waals surface area contributed by atoms with Gasteiger partial charge in [-0.3, -0.25) is 4.79 Å². The number of nitrogens with one attached hydrogen (secondary N) is 1. The summed E-state index contributed by atoms with van der Waals surface area (Å²) < 4.78 is 0.808. The second kappa shape index (κ2) is 3.75. The Balaban J connectivity index is 2.68. The van der Waals surface area contributed by atoms with Crippen LogP contribution in [0.25, 0.3) is 10.8 Å². The fourth-order valence-electron chi connectivity index (χ4n) is 1.28. The minimum Gasteiger partial charge on any atom is -0.312 e. The second-order valence-corrected chi connectivity index (χ2v) is 3.56. The first-order valence-electron chi connectivity index (χ1n) is 4.06. The first-order chi connectivity index (χ1) is 6.83. The molecule has 1 amide bonds. The minimum absolute atomic E-state index is 0.540. The average molecular weight is 251 g/mol. The molecule has 0 unspecified atom stereocenters. The Kier molecular flexibility index (Phi) is 2.45. The van der Waals surface area contributed by atoms with E-state index in [-0.39, 0.29) is 0 Å². The lowest BCUT2D eigenvalue weighted by molar-refractivity contribution is -0.105. The van der Waals surface area contributed by atoms with Crippen molar-refractivity contribution in [2.45, 2.75) is 0 Å². The predicted molar refractivity (Wildman–Crippen MR) is 59.1 cm³/mol. The van der Waals surface area contributed by atoms with E-state index in [4.69, 9.17) is 0 Å². The molecule has 1 N–H and O–H groups in total. The topological polar surface area (TPSA) is 42.0 Å². The molecule has 0 spiro atoms. The molecule has 0 aliphatic carbocycles. The summed E-state index contributed by atoms with van der Waals surface area (Å²) in [6, 6.07) is 7.83. The zero-order valence-electron chi connectivity index (χ0n) is 7.20. The Morgan fingerprint density at radius 2 is 2.14 bits per heavy atom. The molecule has 1 aromatic carbocycles. The number of fused-ring (bicyclic) bond motifs is 1. The van der Waals surface area contributed by atoms with Crippen molar-refractivity contribution in [2.75, 3.05) is 5.32 Å². The molecule has 0 saturated carbocycles. The summed E-state index contributed by atoms with van der Waals surface area (Å²) in [5.74, 6) is 0.540. The zero-order valence-corrected chi connectivity index (χ0v) is 8.78. The van der Waals surface area contributed by atoms with Crippen molar-refractivity contribution in [3.05, 3.63) is 34.9 Å². The molecule has 0 saturated heterocycles. The Morgan fingerprint density at radius 1 is 1.36 bits per heavy atom. The van der Waals surface area contributed by atoms with Gasteiger partial charge in [-0.1, -0.05) is 24.3 Å². The highest BCUT2D eigenvalue weighted by Crippen LogP contribution is 2.28. The number of aromatic nitrogens is 1. The van der Waals surface area contributed by atoms with Crippen LogP contribution in [0, 0.1) is 0 Å². The lowest BCUT2D eigenvalue weighted by atomic mass is 10.2. The van der Waals surface area contributed by atoms with E-state index in [0.29, 0.717) is 12.2 Å². The zero-order chi connectivity index (χ0) is 9.97. The van der Waals surface area contributed by atoms with Gasteiger partial charge in [0.15, 0.2) is 0 Å². The summed E-state index contributed by atoms with van der Waals surface area (Å²) in [5, 5.41) is 4.60. The van der Waals surface area contributed by atoms with Gasteiger partial charge in [0.05, 0.1) is 4.47 Å². The first-order valence-corrected chi connectivity index (χ1v) is 4.85. The number of anilines is 1. The van der Waals surface area contributed by atoms with E-state index in [1.54, 1.807) is 6.20 Å². The molecule has 2 aromatic rings. The van der Waals surface area contributed by atoms with E-state index in [1.165, 1.54) is 0 Å². The third-order valence-corrected chi connectivity index (χ3v) is 2.74. The molecule has 0 fully saturated rings. The summed E-state index contributed by atoms with van der Waals surface area (Å²) in [6.07, 6.45) is 2.34. The summed E-state index contributed by atoms with van der Waals surface area (Å²) in [4.78, 5) is 14.4. The second-order valence-electron chi connectivity index (χ2n) is 2.77. The standard InChI is InChI=1S/C10H7BrN2O/c11-9-8-4-2-1-3-7(8)5-12-10(9)13-6-14/h1-6H,(H,12,13,14). The van der Waals surface area contributed by atoms with Gasteiger partial charge in [0, 0.05) is 17.0 Å². The largest absolute Gasteiger partial charge is 0.312 e. The van der Waals surface area contributed by atoms with Crippen molar-refractivity contribution in [1.29, 1.82) is 0 Å². The number of halogens is 1. The summed E-state index contributed by atoms with van der Waals surface area (Å²) in [5.41, 5.74) is 0. The number of carbonyl (C=O) groups excluding carboxylic acids is 1. The van der Waals surface area contributed by atoms with E-state index in [0.717, 1.165) is 15.2 Å². The number of benzene rings is 1. The quantitative estimate of drug-likeness (QED) is 0.833. The van der Waals surface area contributed by atoms with Crippen LogP contribution in [0.1, 0.15) is 0 Å². The van der Waals surface area contributed by atoms with Crippen molar-refractivity contribution in [2.24, 2.45) is 0 Å². The van der Waals surface area contributed by atoms with Crippen molar-refractivity contribution < 1.29 is 4.79 Å². The number of hydrogen-bond donors (Lipinski definition) is 1. The number of amides is 1. The molecule has 0 radical (unpaired) electrons. The molecule has 2 rings (SSSR count). The molecule has 0 bridgehead atoms. The van der Waals surface area contributed by atoms with E-state index in [2.05, 4.69) is 26.2 Å². The lowest BCUT2D eigenvalue weighted by Gasteiger charge is -2.04. The maximum atomic E-state index is 10.3. The molecule has 3 nitrogen and oxygen atoms in total. The van der Waals surface area contributed by atoms with Crippen LogP contribution in [0.4, 0.5) is 5.82 Å². The fourth-order valence-corrected chi connectivity index (χ4v) is 1.86. The van der Waals surface area contributed by atoms with E-state index in [1.807, 2.05) is 24.3 Å². The van der Waals surface area contributed by atoms with E-state index < -0.39 is 0 Å². The van der Waals surface area contributed by atoms with Gasteiger partial charge >= 0.3 is 0 Å². The SMILES string of the molecule is O=CNc1ncc2ccccc2c1Br. The third-order valence-electron chi connectivity index (χ3n) is 1.93. The van der Waals surface area contributed by atoms with Crippen LogP contribution in [0.5, 0.6) is 0 Å².